The molecule has 1 saturated carbocycles. The van der Waals surface area contributed by atoms with Crippen LogP contribution in [0.4, 0.5) is 5.69 Å². The van der Waals surface area contributed by atoms with E-state index in [2.05, 4.69) is 25.1 Å². The first-order chi connectivity index (χ1) is 13.6. The van der Waals surface area contributed by atoms with E-state index in [9.17, 15) is 9.59 Å². The molecular formula is C20H19N5O2S. The average Bonchev–Trinajstić information content (AvgIpc) is 3.46. The summed E-state index contributed by atoms with van der Waals surface area (Å²) in [4.78, 5) is 27.9. The summed E-state index contributed by atoms with van der Waals surface area (Å²) in [7, 11) is 0. The highest BCUT2D eigenvalue weighted by Crippen LogP contribution is 2.40. The molecule has 0 atom stereocenters. The number of ketones is 1. The Morgan fingerprint density at radius 1 is 1.18 bits per heavy atom. The van der Waals surface area contributed by atoms with Gasteiger partial charge in [-0.15, -0.1) is 10.2 Å². The minimum Gasteiger partial charge on any atom is -0.325 e. The van der Waals surface area contributed by atoms with E-state index in [1.807, 2.05) is 12.1 Å². The van der Waals surface area contributed by atoms with Gasteiger partial charge in [0.05, 0.1) is 5.75 Å². The lowest BCUT2D eigenvalue weighted by Crippen LogP contribution is -2.15. The van der Waals surface area contributed by atoms with E-state index < -0.39 is 0 Å². The Kier molecular flexibility index (Phi) is 5.21. The maximum Gasteiger partial charge on any atom is 0.234 e. The van der Waals surface area contributed by atoms with Gasteiger partial charge in [0.2, 0.25) is 5.91 Å². The molecule has 1 aliphatic rings. The van der Waals surface area contributed by atoms with Crippen LogP contribution in [0.5, 0.6) is 0 Å². The minimum atomic E-state index is -0.151. The van der Waals surface area contributed by atoms with E-state index in [1.165, 1.54) is 18.7 Å². The monoisotopic (exact) mass is 393 g/mol. The van der Waals surface area contributed by atoms with Gasteiger partial charge in [0, 0.05) is 35.2 Å². The molecular weight excluding hydrogens is 374 g/mol. The van der Waals surface area contributed by atoms with Gasteiger partial charge in [-0.1, -0.05) is 23.9 Å². The second-order valence-corrected chi connectivity index (χ2v) is 7.56. The molecule has 1 aromatic carbocycles. The van der Waals surface area contributed by atoms with Crippen molar-refractivity contribution in [2.45, 2.75) is 31.0 Å². The number of nitrogens with zero attached hydrogens (tertiary/aromatic N) is 4. The van der Waals surface area contributed by atoms with Crippen LogP contribution in [-0.4, -0.2) is 37.2 Å². The first kappa shape index (κ1) is 18.4. The normalized spacial score (nSPS) is 13.3. The summed E-state index contributed by atoms with van der Waals surface area (Å²) in [5, 5.41) is 12.2. The maximum absolute atomic E-state index is 12.4. The van der Waals surface area contributed by atoms with Crippen molar-refractivity contribution < 1.29 is 9.59 Å². The van der Waals surface area contributed by atoms with E-state index >= 15 is 0 Å². The summed E-state index contributed by atoms with van der Waals surface area (Å²) in [6, 6.07) is 11.1. The van der Waals surface area contributed by atoms with Crippen LogP contribution in [0, 0.1) is 0 Å². The number of benzene rings is 1. The van der Waals surface area contributed by atoms with Gasteiger partial charge in [0.25, 0.3) is 0 Å². The van der Waals surface area contributed by atoms with Crippen molar-refractivity contribution >= 4 is 29.1 Å². The van der Waals surface area contributed by atoms with E-state index in [4.69, 9.17) is 0 Å². The zero-order chi connectivity index (χ0) is 19.5. The van der Waals surface area contributed by atoms with E-state index in [0.717, 1.165) is 29.4 Å². The standard InChI is InChI=1S/C20H19N5O2S/c1-13(26)15-3-2-4-16(11-15)22-18(27)12-28-20-24-23-19(25(20)17-5-6-17)14-7-9-21-10-8-14/h2-4,7-11,17H,5-6,12H2,1H3,(H,22,27). The molecule has 0 aliphatic heterocycles. The van der Waals surface area contributed by atoms with Crippen LogP contribution in [0.2, 0.25) is 0 Å². The summed E-state index contributed by atoms with van der Waals surface area (Å²) in [5.41, 5.74) is 2.15. The number of carbonyl (C=O) groups is 2. The first-order valence-electron chi connectivity index (χ1n) is 9.01. The third-order valence-electron chi connectivity index (χ3n) is 4.40. The number of Topliss-reactive ketones (excluding diaryl/α,β-unsaturated/α-hetero) is 1. The fourth-order valence-corrected chi connectivity index (χ4v) is 3.68. The Balaban J connectivity index is 1.45. The second kappa shape index (κ2) is 7.93. The first-order valence-corrected chi connectivity index (χ1v) is 9.99. The molecule has 0 spiro atoms. The number of anilines is 1. The number of hydrogen-bond donors (Lipinski definition) is 1. The number of amides is 1. The molecule has 2 heterocycles. The fourth-order valence-electron chi connectivity index (χ4n) is 2.88. The van der Waals surface area contributed by atoms with Gasteiger partial charge in [-0.3, -0.25) is 19.1 Å². The predicted octanol–water partition coefficient (Wildman–Crippen LogP) is 3.61. The molecule has 0 saturated heterocycles. The second-order valence-electron chi connectivity index (χ2n) is 6.62. The quantitative estimate of drug-likeness (QED) is 0.487. The molecule has 1 fully saturated rings. The molecule has 7 nitrogen and oxygen atoms in total. The van der Waals surface area contributed by atoms with Crippen molar-refractivity contribution in [1.82, 2.24) is 19.7 Å². The van der Waals surface area contributed by atoms with Crippen LogP contribution >= 0.6 is 11.8 Å². The minimum absolute atomic E-state index is 0.0355. The summed E-state index contributed by atoms with van der Waals surface area (Å²) >= 11 is 1.36. The number of aromatic nitrogens is 4. The molecule has 0 bridgehead atoms. The Hall–Kier alpha value is -3.00. The Labute approximate surface area is 166 Å². The van der Waals surface area contributed by atoms with Crippen LogP contribution in [0.25, 0.3) is 11.4 Å². The summed E-state index contributed by atoms with van der Waals surface area (Å²) in [6.07, 6.45) is 5.65. The number of carbonyl (C=O) groups excluding carboxylic acids is 2. The molecule has 3 aromatic rings. The Morgan fingerprint density at radius 3 is 2.68 bits per heavy atom. The zero-order valence-corrected chi connectivity index (χ0v) is 16.1. The van der Waals surface area contributed by atoms with Gasteiger partial charge in [0.1, 0.15) is 0 Å². The van der Waals surface area contributed by atoms with Gasteiger partial charge in [-0.05, 0) is 44.0 Å². The molecule has 4 rings (SSSR count). The van der Waals surface area contributed by atoms with Crippen molar-refractivity contribution in [3.8, 4) is 11.4 Å². The van der Waals surface area contributed by atoms with Crippen molar-refractivity contribution in [2.24, 2.45) is 0 Å². The van der Waals surface area contributed by atoms with E-state index in [0.29, 0.717) is 17.3 Å². The third-order valence-corrected chi connectivity index (χ3v) is 5.34. The van der Waals surface area contributed by atoms with Crippen LogP contribution < -0.4 is 5.32 Å². The van der Waals surface area contributed by atoms with Crippen LogP contribution in [0.15, 0.2) is 53.9 Å². The van der Waals surface area contributed by atoms with E-state index in [-0.39, 0.29) is 17.4 Å². The maximum atomic E-state index is 12.4. The summed E-state index contributed by atoms with van der Waals surface area (Å²) in [5.74, 6) is 0.834. The molecule has 0 unspecified atom stereocenters. The van der Waals surface area contributed by atoms with Gasteiger partial charge < -0.3 is 5.32 Å². The topological polar surface area (TPSA) is 89.8 Å². The van der Waals surface area contributed by atoms with Gasteiger partial charge in [0.15, 0.2) is 16.8 Å². The lowest BCUT2D eigenvalue weighted by molar-refractivity contribution is -0.113. The van der Waals surface area contributed by atoms with Crippen LogP contribution in [0.1, 0.15) is 36.2 Å². The summed E-state index contributed by atoms with van der Waals surface area (Å²) < 4.78 is 2.11. The number of thioether (sulfide) groups is 1. The van der Waals surface area contributed by atoms with Gasteiger partial charge >= 0.3 is 0 Å². The number of pyridine rings is 1. The third kappa shape index (κ3) is 4.12. The largest absolute Gasteiger partial charge is 0.325 e. The molecule has 1 N–H and O–H groups in total. The summed E-state index contributed by atoms with van der Waals surface area (Å²) in [6.45, 7) is 1.50. The highest BCUT2D eigenvalue weighted by molar-refractivity contribution is 7.99. The molecule has 8 heteroatoms. The van der Waals surface area contributed by atoms with Crippen molar-refractivity contribution in [3.05, 3.63) is 54.4 Å². The van der Waals surface area contributed by atoms with Crippen LogP contribution in [0.3, 0.4) is 0 Å². The molecule has 2 aromatic heterocycles. The van der Waals surface area contributed by atoms with Gasteiger partial charge in [-0.2, -0.15) is 0 Å². The zero-order valence-electron chi connectivity index (χ0n) is 15.3. The predicted molar refractivity (Wildman–Crippen MR) is 107 cm³/mol. The highest BCUT2D eigenvalue weighted by atomic mass is 32.2. The molecule has 1 amide bonds. The van der Waals surface area contributed by atoms with Crippen LogP contribution in [-0.2, 0) is 4.79 Å². The Bertz CT molecular complexity index is 1010. The smallest absolute Gasteiger partial charge is 0.234 e. The fraction of sp³-hybridized carbons (Fsp3) is 0.250. The lowest BCUT2D eigenvalue weighted by Gasteiger charge is -2.09. The number of rotatable bonds is 7. The molecule has 0 radical (unpaired) electrons. The molecule has 28 heavy (non-hydrogen) atoms. The van der Waals surface area contributed by atoms with Crippen molar-refractivity contribution in [2.75, 3.05) is 11.1 Å². The molecule has 1 aliphatic carbocycles. The number of hydrogen-bond acceptors (Lipinski definition) is 6. The van der Waals surface area contributed by atoms with Gasteiger partial charge in [-0.25, -0.2) is 0 Å². The van der Waals surface area contributed by atoms with Crippen molar-refractivity contribution in [3.63, 3.8) is 0 Å². The average molecular weight is 393 g/mol. The van der Waals surface area contributed by atoms with E-state index in [1.54, 1.807) is 36.7 Å². The number of nitrogens with one attached hydrogen (secondary N) is 1. The SMILES string of the molecule is CC(=O)c1cccc(NC(=O)CSc2nnc(-c3ccncc3)n2C2CC2)c1. The lowest BCUT2D eigenvalue weighted by atomic mass is 10.1. The Morgan fingerprint density at radius 2 is 1.96 bits per heavy atom. The highest BCUT2D eigenvalue weighted by Gasteiger charge is 2.30. The van der Waals surface area contributed by atoms with Crippen molar-refractivity contribution in [1.29, 1.82) is 0 Å². The molecule has 142 valence electrons.